The Bertz CT molecular complexity index is 680. The number of amides is 1. The molecule has 2 aromatic rings. The van der Waals surface area contributed by atoms with Crippen molar-refractivity contribution in [2.75, 3.05) is 11.1 Å². The second-order valence-electron chi connectivity index (χ2n) is 5.26. The van der Waals surface area contributed by atoms with Crippen molar-refractivity contribution in [2.45, 2.75) is 32.2 Å². The minimum absolute atomic E-state index is 0.0949. The van der Waals surface area contributed by atoms with Crippen LogP contribution in [0.1, 0.15) is 24.2 Å². The third-order valence-electron chi connectivity index (χ3n) is 3.70. The van der Waals surface area contributed by atoms with Gasteiger partial charge < -0.3 is 15.6 Å². The molecule has 0 spiro atoms. The number of nitrogens with one attached hydrogen (secondary N) is 1. The molecule has 0 aliphatic heterocycles. The normalized spacial score (nSPS) is 13.8. The average molecular weight is 305 g/mol. The standard InChI is InChI=1S/C15H17ClN4O/c16-11-6-5-10(7-12(11)17)19-15(21)8-20-9-18-13-3-1-2-4-14(13)20/h5-7,9H,1-4,8,17H2,(H,19,21). The zero-order chi connectivity index (χ0) is 14.8. The number of hydrogen-bond acceptors (Lipinski definition) is 3. The Balaban J connectivity index is 1.69. The van der Waals surface area contributed by atoms with Gasteiger partial charge in [0.1, 0.15) is 6.54 Å². The van der Waals surface area contributed by atoms with Gasteiger partial charge in [0.25, 0.3) is 0 Å². The molecule has 0 bridgehead atoms. The number of halogens is 1. The lowest BCUT2D eigenvalue weighted by Crippen LogP contribution is -2.20. The number of aryl methyl sites for hydroxylation is 1. The van der Waals surface area contributed by atoms with Crippen LogP contribution < -0.4 is 11.1 Å². The van der Waals surface area contributed by atoms with E-state index in [2.05, 4.69) is 10.3 Å². The average Bonchev–Trinajstić information content (AvgIpc) is 2.86. The second kappa shape index (κ2) is 5.77. The van der Waals surface area contributed by atoms with Crippen LogP contribution in [-0.4, -0.2) is 15.5 Å². The van der Waals surface area contributed by atoms with Crippen molar-refractivity contribution < 1.29 is 4.79 Å². The third-order valence-corrected chi connectivity index (χ3v) is 4.05. The summed E-state index contributed by atoms with van der Waals surface area (Å²) in [4.78, 5) is 16.5. The summed E-state index contributed by atoms with van der Waals surface area (Å²) in [5.74, 6) is -0.0949. The number of fused-ring (bicyclic) bond motifs is 1. The van der Waals surface area contributed by atoms with Gasteiger partial charge in [-0.2, -0.15) is 0 Å². The van der Waals surface area contributed by atoms with Crippen molar-refractivity contribution in [3.63, 3.8) is 0 Å². The fraction of sp³-hybridized carbons (Fsp3) is 0.333. The first kappa shape index (κ1) is 13.9. The molecule has 0 saturated heterocycles. The largest absolute Gasteiger partial charge is 0.397 e. The van der Waals surface area contributed by atoms with Gasteiger partial charge in [0.05, 0.1) is 22.7 Å². The Kier molecular flexibility index (Phi) is 3.84. The number of carbonyl (C=O) groups excluding carboxylic acids is 1. The van der Waals surface area contributed by atoms with E-state index in [9.17, 15) is 4.79 Å². The van der Waals surface area contributed by atoms with Crippen molar-refractivity contribution >= 4 is 28.9 Å². The van der Waals surface area contributed by atoms with E-state index in [0.717, 1.165) is 25.0 Å². The highest BCUT2D eigenvalue weighted by Gasteiger charge is 2.16. The van der Waals surface area contributed by atoms with Crippen molar-refractivity contribution in [3.05, 3.63) is 40.9 Å². The van der Waals surface area contributed by atoms with E-state index in [-0.39, 0.29) is 12.5 Å². The van der Waals surface area contributed by atoms with Crippen LogP contribution in [0.25, 0.3) is 0 Å². The minimum atomic E-state index is -0.0949. The van der Waals surface area contributed by atoms with Gasteiger partial charge in [-0.15, -0.1) is 0 Å². The Hall–Kier alpha value is -2.01. The SMILES string of the molecule is Nc1cc(NC(=O)Cn2cnc3c2CCCC3)ccc1Cl. The van der Waals surface area contributed by atoms with Gasteiger partial charge in [0.2, 0.25) is 5.91 Å². The molecule has 1 amide bonds. The lowest BCUT2D eigenvalue weighted by molar-refractivity contribution is -0.116. The Morgan fingerprint density at radius 1 is 1.38 bits per heavy atom. The van der Waals surface area contributed by atoms with Crippen molar-refractivity contribution in [2.24, 2.45) is 0 Å². The van der Waals surface area contributed by atoms with Gasteiger partial charge in [-0.05, 0) is 43.9 Å². The minimum Gasteiger partial charge on any atom is -0.397 e. The molecule has 1 heterocycles. The lowest BCUT2D eigenvalue weighted by Gasteiger charge is -2.14. The molecular weight excluding hydrogens is 288 g/mol. The Morgan fingerprint density at radius 3 is 3.00 bits per heavy atom. The van der Waals surface area contributed by atoms with Gasteiger partial charge >= 0.3 is 0 Å². The molecule has 1 aromatic carbocycles. The van der Waals surface area contributed by atoms with Gasteiger partial charge in [-0.3, -0.25) is 4.79 Å². The molecule has 3 rings (SSSR count). The summed E-state index contributed by atoms with van der Waals surface area (Å²) in [5.41, 5.74) is 9.14. The molecule has 21 heavy (non-hydrogen) atoms. The molecule has 1 aliphatic rings. The van der Waals surface area contributed by atoms with Gasteiger partial charge in [-0.1, -0.05) is 11.6 Å². The van der Waals surface area contributed by atoms with Crippen LogP contribution in [0, 0.1) is 0 Å². The highest BCUT2D eigenvalue weighted by molar-refractivity contribution is 6.33. The van der Waals surface area contributed by atoms with E-state index >= 15 is 0 Å². The van der Waals surface area contributed by atoms with E-state index in [0.29, 0.717) is 16.4 Å². The number of hydrogen-bond donors (Lipinski definition) is 2. The van der Waals surface area contributed by atoms with Crippen molar-refractivity contribution in [3.8, 4) is 0 Å². The van der Waals surface area contributed by atoms with Crippen molar-refractivity contribution in [1.82, 2.24) is 9.55 Å². The highest BCUT2D eigenvalue weighted by atomic mass is 35.5. The quantitative estimate of drug-likeness (QED) is 0.856. The maximum atomic E-state index is 12.1. The number of rotatable bonds is 3. The van der Waals surface area contributed by atoms with Crippen LogP contribution in [0.5, 0.6) is 0 Å². The smallest absolute Gasteiger partial charge is 0.244 e. The van der Waals surface area contributed by atoms with Gasteiger partial charge in [0, 0.05) is 11.4 Å². The zero-order valence-electron chi connectivity index (χ0n) is 11.6. The fourth-order valence-electron chi connectivity index (χ4n) is 2.64. The molecule has 110 valence electrons. The molecule has 1 aliphatic carbocycles. The number of nitrogens with two attached hydrogens (primary N) is 1. The summed E-state index contributed by atoms with van der Waals surface area (Å²) < 4.78 is 1.93. The summed E-state index contributed by atoms with van der Waals surface area (Å²) >= 11 is 5.86. The van der Waals surface area contributed by atoms with E-state index in [4.69, 9.17) is 17.3 Å². The molecule has 0 atom stereocenters. The van der Waals surface area contributed by atoms with Crippen LogP contribution >= 0.6 is 11.6 Å². The number of aromatic nitrogens is 2. The monoisotopic (exact) mass is 304 g/mol. The van der Waals surface area contributed by atoms with E-state index < -0.39 is 0 Å². The molecule has 0 fully saturated rings. The van der Waals surface area contributed by atoms with Crippen LogP contribution in [0.15, 0.2) is 24.5 Å². The van der Waals surface area contributed by atoms with Gasteiger partial charge in [-0.25, -0.2) is 4.98 Å². The maximum Gasteiger partial charge on any atom is 0.244 e. The zero-order valence-corrected chi connectivity index (χ0v) is 12.4. The molecule has 6 heteroatoms. The summed E-state index contributed by atoms with van der Waals surface area (Å²) in [5, 5.41) is 3.31. The Labute approximate surface area is 128 Å². The van der Waals surface area contributed by atoms with E-state index in [1.54, 1.807) is 24.5 Å². The first-order valence-corrected chi connectivity index (χ1v) is 7.39. The predicted molar refractivity (Wildman–Crippen MR) is 83.4 cm³/mol. The molecular formula is C15H17ClN4O. The van der Waals surface area contributed by atoms with Crippen LogP contribution in [0.4, 0.5) is 11.4 Å². The van der Waals surface area contributed by atoms with Crippen LogP contribution in [-0.2, 0) is 24.2 Å². The van der Waals surface area contributed by atoms with Crippen LogP contribution in [0.2, 0.25) is 5.02 Å². The predicted octanol–water partition coefficient (Wildman–Crippen LogP) is 2.64. The molecule has 0 saturated carbocycles. The number of benzene rings is 1. The summed E-state index contributed by atoms with van der Waals surface area (Å²) in [6.07, 6.45) is 6.11. The number of nitrogens with zero attached hydrogens (tertiary/aromatic N) is 2. The van der Waals surface area contributed by atoms with Gasteiger partial charge in [0.15, 0.2) is 0 Å². The lowest BCUT2D eigenvalue weighted by atomic mass is 10.0. The molecule has 0 radical (unpaired) electrons. The number of nitrogen functional groups attached to an aromatic ring is 1. The summed E-state index contributed by atoms with van der Waals surface area (Å²) in [7, 11) is 0. The molecule has 1 aromatic heterocycles. The Morgan fingerprint density at radius 2 is 2.19 bits per heavy atom. The molecule has 3 N–H and O–H groups in total. The van der Waals surface area contributed by atoms with Crippen molar-refractivity contribution in [1.29, 1.82) is 0 Å². The topological polar surface area (TPSA) is 72.9 Å². The first-order chi connectivity index (χ1) is 10.1. The van der Waals surface area contributed by atoms with E-state index in [1.165, 1.54) is 12.1 Å². The highest BCUT2D eigenvalue weighted by Crippen LogP contribution is 2.23. The molecule has 5 nitrogen and oxygen atoms in total. The number of imidazole rings is 1. The summed E-state index contributed by atoms with van der Waals surface area (Å²) in [6.45, 7) is 0.269. The molecule has 0 unspecified atom stereocenters. The second-order valence-corrected chi connectivity index (χ2v) is 5.66. The fourth-order valence-corrected chi connectivity index (χ4v) is 2.76. The third kappa shape index (κ3) is 3.03. The van der Waals surface area contributed by atoms with Crippen LogP contribution in [0.3, 0.4) is 0 Å². The van der Waals surface area contributed by atoms with E-state index in [1.807, 2.05) is 4.57 Å². The maximum absolute atomic E-state index is 12.1. The summed E-state index contributed by atoms with van der Waals surface area (Å²) in [6, 6.07) is 5.06. The first-order valence-electron chi connectivity index (χ1n) is 7.01. The number of anilines is 2. The number of carbonyl (C=O) groups is 1.